The van der Waals surface area contributed by atoms with Gasteiger partial charge in [0.15, 0.2) is 5.11 Å². The molecule has 3 atom stereocenters. The molecular weight excluding hydrogens is 448 g/mol. The molecule has 0 radical (unpaired) electrons. The van der Waals surface area contributed by atoms with Crippen molar-refractivity contribution in [3.8, 4) is 0 Å². The highest BCUT2D eigenvalue weighted by Gasteiger charge is 2.38. The Morgan fingerprint density at radius 3 is 2.81 bits per heavy atom. The van der Waals surface area contributed by atoms with Crippen LogP contribution in [-0.4, -0.2) is 47.4 Å². The zero-order valence-corrected chi connectivity index (χ0v) is 19.4. The van der Waals surface area contributed by atoms with Crippen LogP contribution >= 0.6 is 35.2 Å². The minimum atomic E-state index is -0.812. The molecule has 0 fully saturated rings. The number of fused-ring (bicyclic) bond motifs is 1. The Morgan fingerprint density at radius 2 is 2.06 bits per heavy atom. The summed E-state index contributed by atoms with van der Waals surface area (Å²) in [7, 11) is 1.79. The molecule has 2 heterocycles. The Hall–Kier alpha value is -2.48. The molecule has 2 aromatic rings. The lowest BCUT2D eigenvalue weighted by molar-refractivity contribution is -0.132. The lowest BCUT2D eigenvalue weighted by Crippen LogP contribution is -2.51. The van der Waals surface area contributed by atoms with E-state index in [-0.39, 0.29) is 17.9 Å². The molecule has 1 amide bonds. The smallest absolute Gasteiger partial charge is 0.268 e. The number of amides is 1. The first kappa shape index (κ1) is 21.7. The molecule has 1 aliphatic carbocycles. The maximum atomic E-state index is 13.2. The molecule has 3 unspecified atom stereocenters. The number of aliphatic imine (C=N–C) groups is 1. The summed E-state index contributed by atoms with van der Waals surface area (Å²) >= 11 is 13.5. The Bertz CT molecular complexity index is 1030. The van der Waals surface area contributed by atoms with Crippen molar-refractivity contribution in [2.75, 3.05) is 13.6 Å². The van der Waals surface area contributed by atoms with Crippen molar-refractivity contribution < 1.29 is 4.79 Å². The molecular formula is C23H23ClN4OS2. The Balaban J connectivity index is 1.57. The summed E-state index contributed by atoms with van der Waals surface area (Å²) in [5.74, 6) is -0.277. The number of hydrogen-bond donors (Lipinski definition) is 2. The number of likely N-dealkylation sites (N-methyl/N-ethyl adjacent to an activating group) is 1. The summed E-state index contributed by atoms with van der Waals surface area (Å²) < 4.78 is 0. The lowest BCUT2D eigenvalue weighted by atomic mass is 9.86. The number of nitrogens with one attached hydrogen (secondary N) is 2. The first-order chi connectivity index (χ1) is 15.0. The van der Waals surface area contributed by atoms with Gasteiger partial charge in [-0.3, -0.25) is 9.79 Å². The minimum Gasteiger partial charge on any atom is -0.362 e. The van der Waals surface area contributed by atoms with Gasteiger partial charge in [0, 0.05) is 29.4 Å². The number of hydrogen-bond acceptors (Lipinski definition) is 4. The molecule has 1 aromatic heterocycles. The number of rotatable bonds is 5. The fraction of sp³-hybridized carbons (Fsp3) is 0.261. The van der Waals surface area contributed by atoms with Gasteiger partial charge in [-0.1, -0.05) is 60.2 Å². The molecule has 160 valence electrons. The predicted octanol–water partition coefficient (Wildman–Crippen LogP) is 3.72. The summed E-state index contributed by atoms with van der Waals surface area (Å²) in [5.41, 5.74) is 1.77. The largest absolute Gasteiger partial charge is 0.362 e. The second-order valence-electron chi connectivity index (χ2n) is 7.39. The van der Waals surface area contributed by atoms with Gasteiger partial charge in [0.1, 0.15) is 0 Å². The van der Waals surface area contributed by atoms with Gasteiger partial charge >= 0.3 is 0 Å². The van der Waals surface area contributed by atoms with E-state index < -0.39 is 6.17 Å². The highest BCUT2D eigenvalue weighted by molar-refractivity contribution is 7.80. The number of carbonyl (C=O) groups excluding carboxylic acids is 1. The normalized spacial score (nSPS) is 22.8. The van der Waals surface area contributed by atoms with Crippen LogP contribution in [0.4, 0.5) is 0 Å². The molecule has 1 aliphatic heterocycles. The van der Waals surface area contributed by atoms with Gasteiger partial charge in [-0.05, 0) is 41.7 Å². The average molecular weight is 471 g/mol. The third kappa shape index (κ3) is 5.06. The van der Waals surface area contributed by atoms with E-state index in [9.17, 15) is 4.79 Å². The summed E-state index contributed by atoms with van der Waals surface area (Å²) in [6.45, 7) is 0.685. The Morgan fingerprint density at radius 1 is 1.26 bits per heavy atom. The number of carbonyl (C=O) groups is 1. The van der Waals surface area contributed by atoms with Gasteiger partial charge in [-0.15, -0.1) is 11.3 Å². The van der Waals surface area contributed by atoms with Crippen LogP contribution in [-0.2, 0) is 11.2 Å². The molecule has 2 N–H and O–H groups in total. The van der Waals surface area contributed by atoms with Crippen molar-refractivity contribution in [2.45, 2.75) is 18.6 Å². The third-order valence-corrected chi connectivity index (χ3v) is 6.80. The van der Waals surface area contributed by atoms with Crippen LogP contribution in [0.1, 0.15) is 10.4 Å². The maximum absolute atomic E-state index is 13.2. The van der Waals surface area contributed by atoms with Gasteiger partial charge in [0.05, 0.1) is 11.8 Å². The van der Waals surface area contributed by atoms with Crippen LogP contribution in [0.2, 0.25) is 0 Å². The van der Waals surface area contributed by atoms with Crippen molar-refractivity contribution in [3.63, 3.8) is 0 Å². The fourth-order valence-corrected chi connectivity index (χ4v) is 4.90. The third-order valence-electron chi connectivity index (χ3n) is 5.35. The number of thiophene rings is 1. The van der Waals surface area contributed by atoms with Gasteiger partial charge in [-0.2, -0.15) is 0 Å². The quantitative estimate of drug-likeness (QED) is 0.654. The van der Waals surface area contributed by atoms with Crippen molar-refractivity contribution in [1.82, 2.24) is 15.5 Å². The number of allylic oxidation sites excluding steroid dienone is 2. The van der Waals surface area contributed by atoms with E-state index in [0.29, 0.717) is 16.7 Å². The highest BCUT2D eigenvalue weighted by Crippen LogP contribution is 2.30. The Labute approximate surface area is 196 Å². The molecule has 0 spiro atoms. The molecule has 1 aromatic carbocycles. The van der Waals surface area contributed by atoms with Gasteiger partial charge in [0.25, 0.3) is 5.91 Å². The highest BCUT2D eigenvalue weighted by atomic mass is 35.5. The molecule has 4 rings (SSSR count). The van der Waals surface area contributed by atoms with E-state index in [1.165, 1.54) is 4.88 Å². The maximum Gasteiger partial charge on any atom is 0.268 e. The van der Waals surface area contributed by atoms with Gasteiger partial charge in [0.2, 0.25) is 6.17 Å². The van der Waals surface area contributed by atoms with E-state index in [2.05, 4.69) is 22.1 Å². The lowest BCUT2D eigenvalue weighted by Gasteiger charge is -2.31. The molecule has 2 aliphatic rings. The van der Waals surface area contributed by atoms with Crippen LogP contribution in [0.5, 0.6) is 0 Å². The predicted molar refractivity (Wildman–Crippen MR) is 132 cm³/mol. The van der Waals surface area contributed by atoms with E-state index in [0.717, 1.165) is 17.7 Å². The van der Waals surface area contributed by atoms with Crippen molar-refractivity contribution in [3.05, 3.63) is 81.5 Å². The van der Waals surface area contributed by atoms with Crippen molar-refractivity contribution >= 4 is 51.9 Å². The van der Waals surface area contributed by atoms with Crippen molar-refractivity contribution in [2.24, 2.45) is 10.9 Å². The number of halogens is 1. The van der Waals surface area contributed by atoms with Crippen LogP contribution in [0, 0.1) is 5.92 Å². The van der Waals surface area contributed by atoms with Crippen LogP contribution in [0.15, 0.2) is 76.1 Å². The first-order valence-electron chi connectivity index (χ1n) is 10.0. The summed E-state index contributed by atoms with van der Waals surface area (Å²) in [5, 5.41) is 9.40. The summed E-state index contributed by atoms with van der Waals surface area (Å²) in [6, 6.07) is 13.9. The van der Waals surface area contributed by atoms with E-state index in [1.54, 1.807) is 23.3 Å². The second kappa shape index (κ2) is 9.77. The van der Waals surface area contributed by atoms with Crippen LogP contribution < -0.4 is 10.6 Å². The van der Waals surface area contributed by atoms with E-state index in [1.807, 2.05) is 54.6 Å². The number of benzene rings is 1. The van der Waals surface area contributed by atoms with Crippen molar-refractivity contribution in [1.29, 1.82) is 0 Å². The molecule has 0 saturated carbocycles. The number of thiocarbonyl (C=S) groups is 1. The molecule has 8 heteroatoms. The molecule has 5 nitrogen and oxygen atoms in total. The summed E-state index contributed by atoms with van der Waals surface area (Å²) in [4.78, 5) is 21.1. The molecule has 0 bridgehead atoms. The SMILES string of the molecule is CN1C(=O)C(NC(=S)NCCc2cccs2)N=C(c2ccccc2)C2C=C(Cl)C=CC21. The zero-order valence-electron chi connectivity index (χ0n) is 17.0. The summed E-state index contributed by atoms with van der Waals surface area (Å²) in [6.07, 6.45) is 5.81. The standard InChI is InChI=1S/C23H23ClN4OS2/c1-28-19-10-9-16(24)14-18(19)20(15-6-3-2-4-7-15)26-21(22(28)29)27-23(30)25-12-11-17-8-5-13-31-17/h2-10,13-14,18-19,21H,11-12H2,1H3,(H2,25,27,30). The number of nitrogens with zero attached hydrogens (tertiary/aromatic N) is 2. The minimum absolute atomic E-state index is 0.138. The fourth-order valence-electron chi connectivity index (χ4n) is 3.77. The van der Waals surface area contributed by atoms with E-state index >= 15 is 0 Å². The van der Waals surface area contributed by atoms with Gasteiger partial charge in [-0.25, -0.2) is 0 Å². The van der Waals surface area contributed by atoms with E-state index in [4.69, 9.17) is 28.8 Å². The second-order valence-corrected chi connectivity index (χ2v) is 9.27. The Kier molecular flexibility index (Phi) is 6.85. The zero-order chi connectivity index (χ0) is 21.8. The average Bonchev–Trinajstić information content (AvgIpc) is 3.26. The van der Waals surface area contributed by atoms with Crippen LogP contribution in [0.25, 0.3) is 0 Å². The van der Waals surface area contributed by atoms with Crippen LogP contribution in [0.3, 0.4) is 0 Å². The monoisotopic (exact) mass is 470 g/mol. The van der Waals surface area contributed by atoms with Gasteiger partial charge < -0.3 is 15.5 Å². The molecule has 0 saturated heterocycles. The first-order valence-corrected chi connectivity index (χ1v) is 11.7. The molecule has 31 heavy (non-hydrogen) atoms. The topological polar surface area (TPSA) is 56.7 Å².